The molecule has 1 fully saturated rings. The lowest BCUT2D eigenvalue weighted by atomic mass is 9.99. The van der Waals surface area contributed by atoms with Crippen LogP contribution in [0.1, 0.15) is 43.4 Å². The van der Waals surface area contributed by atoms with Crippen molar-refractivity contribution in [3.8, 4) is 5.75 Å². The van der Waals surface area contributed by atoms with Crippen molar-refractivity contribution in [3.63, 3.8) is 0 Å². The van der Waals surface area contributed by atoms with Gasteiger partial charge in [0.2, 0.25) is 0 Å². The molecule has 0 spiro atoms. The lowest BCUT2D eigenvalue weighted by Gasteiger charge is -2.14. The second-order valence-electron chi connectivity index (χ2n) is 4.25. The van der Waals surface area contributed by atoms with Gasteiger partial charge in [-0.2, -0.15) is 0 Å². The number of nitrogens with one attached hydrogen (secondary N) is 1. The third-order valence-electron chi connectivity index (χ3n) is 3.11. The van der Waals surface area contributed by atoms with Crippen LogP contribution in [0.4, 0.5) is 0 Å². The first-order valence-electron chi connectivity index (χ1n) is 5.87. The number of hydrogen-bond donors (Lipinski definition) is 2. The van der Waals surface area contributed by atoms with Crippen LogP contribution in [0, 0.1) is 0 Å². The Labute approximate surface area is 91.3 Å². The van der Waals surface area contributed by atoms with Crippen molar-refractivity contribution in [2.45, 2.75) is 38.6 Å². The zero-order valence-corrected chi connectivity index (χ0v) is 9.29. The third-order valence-corrected chi connectivity index (χ3v) is 3.11. The molecule has 2 rings (SSSR count). The third kappa shape index (κ3) is 2.15. The number of benzene rings is 1. The zero-order valence-electron chi connectivity index (χ0n) is 9.29. The number of aryl methyl sites for hydroxylation is 1. The molecule has 1 heterocycles. The van der Waals surface area contributed by atoms with Gasteiger partial charge in [0.15, 0.2) is 0 Å². The molecule has 0 aliphatic carbocycles. The summed E-state index contributed by atoms with van der Waals surface area (Å²) < 4.78 is 0. The molecule has 2 heteroatoms. The van der Waals surface area contributed by atoms with E-state index >= 15 is 0 Å². The Bertz CT molecular complexity index is 329. The summed E-state index contributed by atoms with van der Waals surface area (Å²) >= 11 is 0. The van der Waals surface area contributed by atoms with E-state index in [1.807, 2.05) is 12.1 Å². The highest BCUT2D eigenvalue weighted by Crippen LogP contribution is 2.32. The molecule has 15 heavy (non-hydrogen) atoms. The van der Waals surface area contributed by atoms with Crippen molar-refractivity contribution in [2.24, 2.45) is 0 Å². The maximum Gasteiger partial charge on any atom is 0.123 e. The van der Waals surface area contributed by atoms with E-state index in [1.165, 1.54) is 6.42 Å². The molecule has 0 aromatic heterocycles. The van der Waals surface area contributed by atoms with Crippen molar-refractivity contribution >= 4 is 0 Å². The molecule has 2 N–H and O–H groups in total. The molecule has 0 radical (unpaired) electrons. The monoisotopic (exact) mass is 205 g/mol. The predicted molar refractivity (Wildman–Crippen MR) is 62.1 cm³/mol. The SMILES string of the molecule is CCCc1cccc([C@H]2CCCN2)c1O. The van der Waals surface area contributed by atoms with E-state index in [4.69, 9.17) is 0 Å². The van der Waals surface area contributed by atoms with Crippen molar-refractivity contribution in [3.05, 3.63) is 29.3 Å². The molecule has 1 saturated heterocycles. The number of phenols is 1. The second kappa shape index (κ2) is 4.67. The van der Waals surface area contributed by atoms with Gasteiger partial charge in [-0.05, 0) is 31.4 Å². The van der Waals surface area contributed by atoms with Crippen LogP contribution in [-0.4, -0.2) is 11.7 Å². The van der Waals surface area contributed by atoms with Crippen LogP contribution in [0.2, 0.25) is 0 Å². The molecule has 1 aromatic carbocycles. The fraction of sp³-hybridized carbons (Fsp3) is 0.538. The van der Waals surface area contributed by atoms with E-state index in [0.717, 1.165) is 36.9 Å². The van der Waals surface area contributed by atoms with Gasteiger partial charge in [0.1, 0.15) is 5.75 Å². The predicted octanol–water partition coefficient (Wildman–Crippen LogP) is 2.77. The van der Waals surface area contributed by atoms with Crippen LogP contribution in [0.5, 0.6) is 5.75 Å². The van der Waals surface area contributed by atoms with Crippen LogP contribution in [0.3, 0.4) is 0 Å². The number of phenolic OH excluding ortho intramolecular Hbond substituents is 1. The Morgan fingerprint density at radius 3 is 3.00 bits per heavy atom. The van der Waals surface area contributed by atoms with Gasteiger partial charge >= 0.3 is 0 Å². The lowest BCUT2D eigenvalue weighted by Crippen LogP contribution is -2.13. The topological polar surface area (TPSA) is 32.3 Å². The number of rotatable bonds is 3. The lowest BCUT2D eigenvalue weighted by molar-refractivity contribution is 0.449. The van der Waals surface area contributed by atoms with Crippen LogP contribution in [-0.2, 0) is 6.42 Å². The summed E-state index contributed by atoms with van der Waals surface area (Å²) in [4.78, 5) is 0. The molecule has 0 bridgehead atoms. The molecule has 0 saturated carbocycles. The van der Waals surface area contributed by atoms with E-state index in [2.05, 4.69) is 18.3 Å². The summed E-state index contributed by atoms with van der Waals surface area (Å²) in [6.07, 6.45) is 4.40. The van der Waals surface area contributed by atoms with Crippen molar-refractivity contribution in [2.75, 3.05) is 6.54 Å². The Hall–Kier alpha value is -1.02. The van der Waals surface area contributed by atoms with Crippen LogP contribution in [0.25, 0.3) is 0 Å². The summed E-state index contributed by atoms with van der Waals surface area (Å²) in [6, 6.07) is 6.48. The van der Waals surface area contributed by atoms with E-state index in [-0.39, 0.29) is 0 Å². The van der Waals surface area contributed by atoms with Gasteiger partial charge in [-0.25, -0.2) is 0 Å². The standard InChI is InChI=1S/C13H19NO/c1-2-5-10-6-3-7-11(13(10)15)12-8-4-9-14-12/h3,6-7,12,14-15H,2,4-5,8-9H2,1H3/t12-/m1/s1. The van der Waals surface area contributed by atoms with Crippen LogP contribution in [0.15, 0.2) is 18.2 Å². The molecule has 2 nitrogen and oxygen atoms in total. The van der Waals surface area contributed by atoms with E-state index in [9.17, 15) is 5.11 Å². The molecule has 1 aromatic rings. The largest absolute Gasteiger partial charge is 0.507 e. The van der Waals surface area contributed by atoms with Gasteiger partial charge in [-0.1, -0.05) is 31.5 Å². The van der Waals surface area contributed by atoms with Gasteiger partial charge in [-0.15, -0.1) is 0 Å². The first kappa shape index (κ1) is 10.5. The highest BCUT2D eigenvalue weighted by Gasteiger charge is 2.20. The fourth-order valence-electron chi connectivity index (χ4n) is 2.31. The zero-order chi connectivity index (χ0) is 10.7. The van der Waals surface area contributed by atoms with Crippen molar-refractivity contribution < 1.29 is 5.11 Å². The summed E-state index contributed by atoms with van der Waals surface area (Å²) in [5.74, 6) is 0.513. The van der Waals surface area contributed by atoms with Crippen molar-refractivity contribution in [1.82, 2.24) is 5.32 Å². The molecular formula is C13H19NO. The first-order chi connectivity index (χ1) is 7.33. The Morgan fingerprint density at radius 1 is 1.47 bits per heavy atom. The normalized spacial score (nSPS) is 20.7. The highest BCUT2D eigenvalue weighted by atomic mass is 16.3. The van der Waals surface area contributed by atoms with E-state index in [1.54, 1.807) is 0 Å². The number of hydrogen-bond acceptors (Lipinski definition) is 2. The maximum absolute atomic E-state index is 10.1. The maximum atomic E-state index is 10.1. The minimum Gasteiger partial charge on any atom is -0.507 e. The van der Waals surface area contributed by atoms with Gasteiger partial charge < -0.3 is 10.4 Å². The molecule has 0 amide bonds. The van der Waals surface area contributed by atoms with Crippen LogP contribution >= 0.6 is 0 Å². The minimum atomic E-state index is 0.363. The van der Waals surface area contributed by atoms with Crippen molar-refractivity contribution in [1.29, 1.82) is 0 Å². The van der Waals surface area contributed by atoms with E-state index in [0.29, 0.717) is 11.8 Å². The molecular weight excluding hydrogens is 186 g/mol. The Morgan fingerprint density at radius 2 is 2.33 bits per heavy atom. The number of para-hydroxylation sites is 1. The second-order valence-corrected chi connectivity index (χ2v) is 4.25. The molecule has 82 valence electrons. The van der Waals surface area contributed by atoms with Gasteiger partial charge in [-0.3, -0.25) is 0 Å². The Kier molecular flexibility index (Phi) is 3.27. The summed E-state index contributed by atoms with van der Waals surface area (Å²) in [6.45, 7) is 3.21. The first-order valence-corrected chi connectivity index (χ1v) is 5.87. The Balaban J connectivity index is 2.26. The fourth-order valence-corrected chi connectivity index (χ4v) is 2.31. The molecule has 1 aliphatic rings. The van der Waals surface area contributed by atoms with E-state index < -0.39 is 0 Å². The molecule has 1 atom stereocenters. The molecule has 0 unspecified atom stereocenters. The number of aromatic hydroxyl groups is 1. The average Bonchev–Trinajstić information content (AvgIpc) is 2.74. The summed E-state index contributed by atoms with van der Waals surface area (Å²) in [5.41, 5.74) is 2.17. The quantitative estimate of drug-likeness (QED) is 0.795. The average molecular weight is 205 g/mol. The van der Waals surface area contributed by atoms with Gasteiger partial charge in [0.25, 0.3) is 0 Å². The van der Waals surface area contributed by atoms with Gasteiger partial charge in [0, 0.05) is 11.6 Å². The summed E-state index contributed by atoms with van der Waals surface area (Å²) in [7, 11) is 0. The molecule has 1 aliphatic heterocycles. The summed E-state index contributed by atoms with van der Waals surface area (Å²) in [5, 5.41) is 13.6. The van der Waals surface area contributed by atoms with Gasteiger partial charge in [0.05, 0.1) is 0 Å². The van der Waals surface area contributed by atoms with Crippen LogP contribution < -0.4 is 5.32 Å². The smallest absolute Gasteiger partial charge is 0.123 e. The minimum absolute atomic E-state index is 0.363. The highest BCUT2D eigenvalue weighted by molar-refractivity contribution is 5.42.